The Morgan fingerprint density at radius 1 is 1.29 bits per heavy atom. The summed E-state index contributed by atoms with van der Waals surface area (Å²) in [7, 11) is 0. The van der Waals surface area contributed by atoms with Crippen LogP contribution < -0.4 is 5.73 Å². The van der Waals surface area contributed by atoms with Gasteiger partial charge in [0, 0.05) is 19.1 Å². The predicted octanol–water partition coefficient (Wildman–Crippen LogP) is 2.32. The summed E-state index contributed by atoms with van der Waals surface area (Å²) in [5.41, 5.74) is 7.08. The molecule has 0 aromatic heterocycles. The van der Waals surface area contributed by atoms with Crippen LogP contribution in [0.15, 0.2) is 30.3 Å². The van der Waals surface area contributed by atoms with E-state index in [0.717, 1.165) is 18.4 Å². The molecule has 1 fully saturated rings. The second-order valence-electron chi connectivity index (χ2n) is 6.06. The fourth-order valence-electron chi connectivity index (χ4n) is 2.91. The molecule has 0 radical (unpaired) electrons. The van der Waals surface area contributed by atoms with Crippen molar-refractivity contribution in [2.45, 2.75) is 38.8 Å². The van der Waals surface area contributed by atoms with E-state index < -0.39 is 0 Å². The Labute approximate surface area is 142 Å². The van der Waals surface area contributed by atoms with E-state index in [9.17, 15) is 9.59 Å². The average molecular weight is 334 g/mol. The third-order valence-corrected chi connectivity index (χ3v) is 4.23. The van der Waals surface area contributed by atoms with Crippen LogP contribution in [0.4, 0.5) is 4.79 Å². The number of hydrogen-bond acceptors (Lipinski definition) is 5. The van der Waals surface area contributed by atoms with Gasteiger partial charge in [-0.1, -0.05) is 30.3 Å². The lowest BCUT2D eigenvalue weighted by Gasteiger charge is -2.34. The molecule has 2 rings (SSSR count). The number of amides is 1. The number of nitrogens with two attached hydrogens (primary N) is 1. The minimum absolute atomic E-state index is 0.0902. The lowest BCUT2D eigenvalue weighted by atomic mass is 9.89. The van der Waals surface area contributed by atoms with E-state index in [0.29, 0.717) is 19.7 Å². The molecule has 1 aromatic carbocycles. The molecule has 1 aromatic rings. The molecule has 0 saturated carbocycles. The van der Waals surface area contributed by atoms with E-state index >= 15 is 0 Å². The van der Waals surface area contributed by atoms with E-state index in [-0.39, 0.29) is 37.0 Å². The average Bonchev–Trinajstić information content (AvgIpc) is 2.61. The summed E-state index contributed by atoms with van der Waals surface area (Å²) in [6.07, 6.45) is 1.63. The van der Waals surface area contributed by atoms with Crippen molar-refractivity contribution >= 4 is 12.1 Å². The molecule has 2 unspecified atom stereocenters. The number of benzene rings is 1. The third kappa shape index (κ3) is 5.53. The van der Waals surface area contributed by atoms with Crippen LogP contribution in [0.5, 0.6) is 0 Å². The monoisotopic (exact) mass is 334 g/mol. The van der Waals surface area contributed by atoms with Gasteiger partial charge in [-0.25, -0.2) is 4.79 Å². The van der Waals surface area contributed by atoms with Crippen LogP contribution in [-0.4, -0.2) is 42.7 Å². The Morgan fingerprint density at radius 2 is 2.04 bits per heavy atom. The number of likely N-dealkylation sites (tertiary alicyclic amines) is 1. The van der Waals surface area contributed by atoms with Crippen molar-refractivity contribution in [2.75, 3.05) is 19.7 Å². The van der Waals surface area contributed by atoms with Gasteiger partial charge < -0.3 is 20.1 Å². The van der Waals surface area contributed by atoms with E-state index in [1.165, 1.54) is 0 Å². The van der Waals surface area contributed by atoms with Gasteiger partial charge in [-0.3, -0.25) is 4.79 Å². The fourth-order valence-corrected chi connectivity index (χ4v) is 2.91. The van der Waals surface area contributed by atoms with Crippen molar-refractivity contribution in [1.82, 2.24) is 4.90 Å². The quantitative estimate of drug-likeness (QED) is 0.807. The smallest absolute Gasteiger partial charge is 0.410 e. The first-order chi connectivity index (χ1) is 11.6. The maximum atomic E-state index is 12.2. The van der Waals surface area contributed by atoms with Gasteiger partial charge in [0.25, 0.3) is 0 Å². The molecule has 2 N–H and O–H groups in total. The molecule has 2 atom stereocenters. The van der Waals surface area contributed by atoms with Crippen LogP contribution in [0, 0.1) is 5.92 Å². The highest BCUT2D eigenvalue weighted by molar-refractivity contribution is 5.70. The minimum Gasteiger partial charge on any atom is -0.466 e. The number of esters is 1. The first kappa shape index (κ1) is 18.3. The van der Waals surface area contributed by atoms with Gasteiger partial charge in [-0.2, -0.15) is 0 Å². The molecule has 1 aliphatic heterocycles. The highest BCUT2D eigenvalue weighted by Crippen LogP contribution is 2.21. The van der Waals surface area contributed by atoms with Gasteiger partial charge in [-0.05, 0) is 31.2 Å². The van der Waals surface area contributed by atoms with Crippen LogP contribution in [0.1, 0.15) is 31.7 Å². The largest absolute Gasteiger partial charge is 0.466 e. The van der Waals surface area contributed by atoms with Crippen molar-refractivity contribution in [1.29, 1.82) is 0 Å². The summed E-state index contributed by atoms with van der Waals surface area (Å²) < 4.78 is 10.3. The van der Waals surface area contributed by atoms with Gasteiger partial charge in [0.15, 0.2) is 0 Å². The van der Waals surface area contributed by atoms with Gasteiger partial charge in [-0.15, -0.1) is 0 Å². The number of rotatable bonds is 6. The van der Waals surface area contributed by atoms with Crippen molar-refractivity contribution in [2.24, 2.45) is 11.7 Å². The summed E-state index contributed by atoms with van der Waals surface area (Å²) in [5.74, 6) is -0.193. The number of carbonyl (C=O) groups is 2. The summed E-state index contributed by atoms with van der Waals surface area (Å²) >= 11 is 0. The first-order valence-electron chi connectivity index (χ1n) is 8.47. The minimum atomic E-state index is -0.327. The van der Waals surface area contributed by atoms with Gasteiger partial charge in [0.05, 0.1) is 13.0 Å². The SMILES string of the molecule is CCOC(=O)CC(N)C1CCCN(C(=O)OCc2ccccc2)C1. The van der Waals surface area contributed by atoms with Crippen molar-refractivity contribution in [3.8, 4) is 0 Å². The van der Waals surface area contributed by atoms with Gasteiger partial charge in [0.1, 0.15) is 6.61 Å². The topological polar surface area (TPSA) is 81.9 Å². The third-order valence-electron chi connectivity index (χ3n) is 4.23. The molecular weight excluding hydrogens is 308 g/mol. The highest BCUT2D eigenvalue weighted by Gasteiger charge is 2.29. The lowest BCUT2D eigenvalue weighted by molar-refractivity contribution is -0.143. The molecule has 6 nitrogen and oxygen atoms in total. The second-order valence-corrected chi connectivity index (χ2v) is 6.06. The van der Waals surface area contributed by atoms with Gasteiger partial charge in [0.2, 0.25) is 0 Å². The molecule has 0 aliphatic carbocycles. The zero-order valence-electron chi connectivity index (χ0n) is 14.1. The van der Waals surface area contributed by atoms with Crippen LogP contribution in [0.25, 0.3) is 0 Å². The molecule has 0 bridgehead atoms. The van der Waals surface area contributed by atoms with Crippen molar-refractivity contribution < 1.29 is 19.1 Å². The van der Waals surface area contributed by atoms with E-state index in [1.54, 1.807) is 11.8 Å². The highest BCUT2D eigenvalue weighted by atomic mass is 16.6. The molecule has 1 saturated heterocycles. The van der Waals surface area contributed by atoms with Crippen LogP contribution in [0.2, 0.25) is 0 Å². The van der Waals surface area contributed by atoms with E-state index in [2.05, 4.69) is 0 Å². The Balaban J connectivity index is 1.81. The summed E-state index contributed by atoms with van der Waals surface area (Å²) in [6.45, 7) is 3.57. The zero-order valence-corrected chi connectivity index (χ0v) is 14.1. The van der Waals surface area contributed by atoms with Crippen LogP contribution >= 0.6 is 0 Å². The first-order valence-corrected chi connectivity index (χ1v) is 8.47. The molecule has 132 valence electrons. The molecule has 1 amide bonds. The predicted molar refractivity (Wildman–Crippen MR) is 90.1 cm³/mol. The van der Waals surface area contributed by atoms with Crippen molar-refractivity contribution in [3.05, 3.63) is 35.9 Å². The Morgan fingerprint density at radius 3 is 2.75 bits per heavy atom. The molecule has 1 aliphatic rings. The fraction of sp³-hybridized carbons (Fsp3) is 0.556. The standard InChI is InChI=1S/C18H26N2O4/c1-2-23-17(21)11-16(19)15-9-6-10-20(12-15)18(22)24-13-14-7-4-3-5-8-14/h3-5,7-8,15-16H,2,6,9-13,19H2,1H3. The zero-order chi connectivity index (χ0) is 17.4. The van der Waals surface area contributed by atoms with E-state index in [4.69, 9.17) is 15.2 Å². The number of hydrogen-bond donors (Lipinski definition) is 1. The molecule has 0 spiro atoms. The summed E-state index contributed by atoms with van der Waals surface area (Å²) in [5, 5.41) is 0. The number of nitrogens with zero attached hydrogens (tertiary/aromatic N) is 1. The van der Waals surface area contributed by atoms with E-state index in [1.807, 2.05) is 30.3 Å². The Kier molecular flexibility index (Phi) is 7.06. The molecular formula is C18H26N2O4. The second kappa shape index (κ2) is 9.27. The molecule has 24 heavy (non-hydrogen) atoms. The van der Waals surface area contributed by atoms with Crippen molar-refractivity contribution in [3.63, 3.8) is 0 Å². The van der Waals surface area contributed by atoms with Crippen LogP contribution in [-0.2, 0) is 20.9 Å². The number of piperidine rings is 1. The van der Waals surface area contributed by atoms with Gasteiger partial charge >= 0.3 is 12.1 Å². The number of carbonyl (C=O) groups excluding carboxylic acids is 2. The molecule has 6 heteroatoms. The molecule has 1 heterocycles. The Bertz CT molecular complexity index is 535. The maximum Gasteiger partial charge on any atom is 0.410 e. The normalized spacial score (nSPS) is 18.8. The maximum absolute atomic E-state index is 12.2. The lowest BCUT2D eigenvalue weighted by Crippen LogP contribution is -2.46. The van der Waals surface area contributed by atoms with Crippen LogP contribution in [0.3, 0.4) is 0 Å². The summed E-state index contributed by atoms with van der Waals surface area (Å²) in [6, 6.07) is 9.28. The number of ether oxygens (including phenoxy) is 2. The summed E-state index contributed by atoms with van der Waals surface area (Å²) in [4.78, 5) is 25.5. The Hall–Kier alpha value is -2.08.